The molecule has 0 bridgehead atoms. The van der Waals surface area contributed by atoms with Gasteiger partial charge in [-0.05, 0) is 29.7 Å². The standard InChI is InChI=1S/C21H22N2O2/c1-3-19-18(13-14-22-21(24)25-2)17-11-7-8-12-20(17)23(19)15-16-9-5-4-6-10-16/h3-12H,1,13-15H2,2H3,(H,22,24). The van der Waals surface area contributed by atoms with Crippen LogP contribution in [0.4, 0.5) is 4.79 Å². The number of hydrogen-bond acceptors (Lipinski definition) is 2. The third-order valence-corrected chi connectivity index (χ3v) is 4.33. The van der Waals surface area contributed by atoms with Crippen molar-refractivity contribution in [1.82, 2.24) is 9.88 Å². The number of alkyl carbamates (subject to hydrolysis) is 1. The summed E-state index contributed by atoms with van der Waals surface area (Å²) in [6.07, 6.45) is 2.21. The Hall–Kier alpha value is -3.01. The summed E-state index contributed by atoms with van der Waals surface area (Å²) >= 11 is 0. The Balaban J connectivity index is 1.98. The highest BCUT2D eigenvalue weighted by Crippen LogP contribution is 2.28. The van der Waals surface area contributed by atoms with Crippen LogP contribution in [0, 0.1) is 0 Å². The maximum absolute atomic E-state index is 11.3. The normalized spacial score (nSPS) is 10.6. The lowest BCUT2D eigenvalue weighted by molar-refractivity contribution is 0.171. The average Bonchev–Trinajstić information content (AvgIpc) is 2.95. The molecule has 0 aliphatic carbocycles. The fourth-order valence-corrected chi connectivity index (χ4v) is 3.19. The van der Waals surface area contributed by atoms with Crippen LogP contribution in [0.3, 0.4) is 0 Å². The number of ether oxygens (including phenoxy) is 1. The molecule has 1 N–H and O–H groups in total. The van der Waals surface area contributed by atoms with Crippen LogP contribution in [-0.4, -0.2) is 24.3 Å². The quantitative estimate of drug-likeness (QED) is 0.733. The molecule has 0 saturated carbocycles. The lowest BCUT2D eigenvalue weighted by Gasteiger charge is -2.10. The molecule has 3 aromatic rings. The van der Waals surface area contributed by atoms with Gasteiger partial charge in [0.05, 0.1) is 7.11 Å². The molecule has 1 heterocycles. The first-order chi connectivity index (χ1) is 12.2. The SMILES string of the molecule is C=Cc1c(CCNC(=O)OC)c2ccccc2n1Cc1ccccc1. The highest BCUT2D eigenvalue weighted by Gasteiger charge is 2.15. The largest absolute Gasteiger partial charge is 0.453 e. The third-order valence-electron chi connectivity index (χ3n) is 4.33. The summed E-state index contributed by atoms with van der Waals surface area (Å²) in [5.41, 5.74) is 4.70. The summed E-state index contributed by atoms with van der Waals surface area (Å²) < 4.78 is 6.92. The maximum atomic E-state index is 11.3. The molecule has 4 nitrogen and oxygen atoms in total. The molecule has 0 spiro atoms. The van der Waals surface area contributed by atoms with Gasteiger partial charge in [0.25, 0.3) is 0 Å². The predicted octanol–water partition coefficient (Wildman–Crippen LogP) is 4.23. The van der Waals surface area contributed by atoms with Gasteiger partial charge in [-0.3, -0.25) is 0 Å². The number of nitrogens with one attached hydrogen (secondary N) is 1. The molecule has 1 aromatic heterocycles. The Bertz CT molecular complexity index is 882. The second-order valence-corrected chi connectivity index (χ2v) is 5.83. The molecule has 128 valence electrons. The van der Waals surface area contributed by atoms with E-state index in [1.54, 1.807) is 0 Å². The van der Waals surface area contributed by atoms with Crippen molar-refractivity contribution in [2.45, 2.75) is 13.0 Å². The van der Waals surface area contributed by atoms with Crippen LogP contribution in [0.1, 0.15) is 16.8 Å². The van der Waals surface area contributed by atoms with Crippen LogP contribution >= 0.6 is 0 Å². The zero-order valence-corrected chi connectivity index (χ0v) is 14.4. The smallest absolute Gasteiger partial charge is 0.406 e. The lowest BCUT2D eigenvalue weighted by Crippen LogP contribution is -2.25. The van der Waals surface area contributed by atoms with E-state index in [9.17, 15) is 4.79 Å². The first-order valence-electron chi connectivity index (χ1n) is 8.33. The molecule has 3 rings (SSSR count). The van der Waals surface area contributed by atoms with E-state index >= 15 is 0 Å². The van der Waals surface area contributed by atoms with E-state index in [0.29, 0.717) is 6.54 Å². The van der Waals surface area contributed by atoms with Crippen LogP contribution in [0.5, 0.6) is 0 Å². The molecule has 0 fully saturated rings. The van der Waals surface area contributed by atoms with Gasteiger partial charge in [0, 0.05) is 29.7 Å². The molecular formula is C21H22N2O2. The molecule has 0 atom stereocenters. The van der Waals surface area contributed by atoms with Gasteiger partial charge in [-0.25, -0.2) is 4.79 Å². The van der Waals surface area contributed by atoms with Gasteiger partial charge in [-0.15, -0.1) is 0 Å². The van der Waals surface area contributed by atoms with Crippen molar-refractivity contribution in [2.75, 3.05) is 13.7 Å². The summed E-state index contributed by atoms with van der Waals surface area (Å²) in [7, 11) is 1.37. The summed E-state index contributed by atoms with van der Waals surface area (Å²) in [5, 5.41) is 3.95. The van der Waals surface area contributed by atoms with Crippen molar-refractivity contribution in [3.63, 3.8) is 0 Å². The van der Waals surface area contributed by atoms with Crippen molar-refractivity contribution in [3.05, 3.63) is 78.0 Å². The molecule has 1 amide bonds. The average molecular weight is 334 g/mol. The highest BCUT2D eigenvalue weighted by molar-refractivity contribution is 5.88. The number of hydrogen-bond donors (Lipinski definition) is 1. The van der Waals surface area contributed by atoms with Gasteiger partial charge in [-0.1, -0.05) is 55.1 Å². The van der Waals surface area contributed by atoms with Crippen LogP contribution < -0.4 is 5.32 Å². The van der Waals surface area contributed by atoms with Crippen molar-refractivity contribution in [2.24, 2.45) is 0 Å². The Morgan fingerprint density at radius 2 is 1.88 bits per heavy atom. The minimum absolute atomic E-state index is 0.409. The van der Waals surface area contributed by atoms with Gasteiger partial charge in [0.1, 0.15) is 0 Å². The second-order valence-electron chi connectivity index (χ2n) is 5.83. The summed E-state index contributed by atoms with van der Waals surface area (Å²) in [6, 6.07) is 18.7. The van der Waals surface area contributed by atoms with Crippen molar-refractivity contribution < 1.29 is 9.53 Å². The van der Waals surface area contributed by atoms with E-state index in [2.05, 4.69) is 57.6 Å². The molecule has 0 unspecified atom stereocenters. The van der Waals surface area contributed by atoms with Crippen LogP contribution in [0.25, 0.3) is 17.0 Å². The molecule has 25 heavy (non-hydrogen) atoms. The number of fused-ring (bicyclic) bond motifs is 1. The highest BCUT2D eigenvalue weighted by atomic mass is 16.5. The summed E-state index contributed by atoms with van der Waals surface area (Å²) in [5.74, 6) is 0. The van der Waals surface area contributed by atoms with E-state index in [0.717, 1.165) is 18.7 Å². The number of carbonyl (C=O) groups excluding carboxylic acids is 1. The maximum Gasteiger partial charge on any atom is 0.406 e. The minimum atomic E-state index is -0.409. The summed E-state index contributed by atoms with van der Waals surface area (Å²) in [6.45, 7) is 5.32. The van der Waals surface area contributed by atoms with Gasteiger partial charge in [0.15, 0.2) is 0 Å². The fourth-order valence-electron chi connectivity index (χ4n) is 3.19. The number of nitrogens with zero attached hydrogens (tertiary/aromatic N) is 1. The van der Waals surface area contributed by atoms with Crippen molar-refractivity contribution in [3.8, 4) is 0 Å². The van der Waals surface area contributed by atoms with Gasteiger partial charge in [0.2, 0.25) is 0 Å². The van der Waals surface area contributed by atoms with E-state index in [1.165, 1.54) is 29.1 Å². The van der Waals surface area contributed by atoms with Crippen LogP contribution in [-0.2, 0) is 17.7 Å². The Labute approximate surface area is 147 Å². The van der Waals surface area contributed by atoms with Gasteiger partial charge < -0.3 is 14.6 Å². The first-order valence-corrected chi connectivity index (χ1v) is 8.33. The van der Waals surface area contributed by atoms with Gasteiger partial charge >= 0.3 is 6.09 Å². The minimum Gasteiger partial charge on any atom is -0.453 e. The number of amides is 1. The Morgan fingerprint density at radius 3 is 2.60 bits per heavy atom. The molecule has 2 aromatic carbocycles. The Morgan fingerprint density at radius 1 is 1.16 bits per heavy atom. The zero-order chi connectivity index (χ0) is 17.6. The first kappa shape index (κ1) is 16.8. The van der Waals surface area contributed by atoms with E-state index in [-0.39, 0.29) is 0 Å². The van der Waals surface area contributed by atoms with Gasteiger partial charge in [-0.2, -0.15) is 0 Å². The van der Waals surface area contributed by atoms with E-state index in [4.69, 9.17) is 0 Å². The molecular weight excluding hydrogens is 312 g/mol. The van der Waals surface area contributed by atoms with Crippen molar-refractivity contribution in [1.29, 1.82) is 0 Å². The van der Waals surface area contributed by atoms with Crippen LogP contribution in [0.2, 0.25) is 0 Å². The van der Waals surface area contributed by atoms with Crippen molar-refractivity contribution >= 4 is 23.1 Å². The fraction of sp³-hybridized carbons (Fsp3) is 0.190. The molecule has 0 radical (unpaired) electrons. The Kier molecular flexibility index (Phi) is 5.19. The van der Waals surface area contributed by atoms with Crippen LogP contribution in [0.15, 0.2) is 61.2 Å². The predicted molar refractivity (Wildman–Crippen MR) is 102 cm³/mol. The number of aromatic nitrogens is 1. The topological polar surface area (TPSA) is 43.3 Å². The second kappa shape index (κ2) is 7.71. The number of methoxy groups -OCH3 is 1. The molecule has 0 aliphatic heterocycles. The van der Waals surface area contributed by atoms with E-state index < -0.39 is 6.09 Å². The third kappa shape index (κ3) is 3.58. The lowest BCUT2D eigenvalue weighted by atomic mass is 10.1. The molecule has 0 saturated heterocycles. The number of carbonyl (C=O) groups is 1. The molecule has 4 heteroatoms. The van der Waals surface area contributed by atoms with E-state index in [1.807, 2.05) is 24.3 Å². The number of para-hydroxylation sites is 1. The molecule has 0 aliphatic rings. The monoisotopic (exact) mass is 334 g/mol. The number of benzene rings is 2. The zero-order valence-electron chi connectivity index (χ0n) is 14.4. The number of rotatable bonds is 6. The summed E-state index contributed by atoms with van der Waals surface area (Å²) in [4.78, 5) is 11.3.